The standard InChI is InChI=1S/C22H26N4O2/c1-14-6-5-7-18(12-14)28-17-8-10-26(11-9-17)22(27)19-13-15(2)23-21-20(19)16(3)24-25(21)4/h5-7,12-13,17H,8-11H2,1-4H3. The van der Waals surface area contributed by atoms with Gasteiger partial charge in [0, 0.05) is 38.7 Å². The molecule has 4 rings (SSSR count). The van der Waals surface area contributed by atoms with Gasteiger partial charge in [0.15, 0.2) is 5.65 Å². The Kier molecular flexibility index (Phi) is 4.79. The topological polar surface area (TPSA) is 60.2 Å². The number of carbonyl (C=O) groups excluding carboxylic acids is 1. The van der Waals surface area contributed by atoms with E-state index in [1.807, 2.05) is 44.0 Å². The molecule has 6 heteroatoms. The number of ether oxygens (including phenoxy) is 1. The zero-order chi connectivity index (χ0) is 19.8. The first-order valence-electron chi connectivity index (χ1n) is 9.76. The van der Waals surface area contributed by atoms with Crippen molar-refractivity contribution in [1.82, 2.24) is 19.7 Å². The minimum Gasteiger partial charge on any atom is -0.490 e. The number of aromatic nitrogens is 3. The third-order valence-electron chi connectivity index (χ3n) is 5.35. The van der Waals surface area contributed by atoms with Crippen molar-refractivity contribution in [2.24, 2.45) is 7.05 Å². The first kappa shape index (κ1) is 18.5. The largest absolute Gasteiger partial charge is 0.490 e. The summed E-state index contributed by atoms with van der Waals surface area (Å²) in [5.74, 6) is 0.961. The molecule has 0 spiro atoms. The van der Waals surface area contributed by atoms with E-state index < -0.39 is 0 Å². The molecule has 0 unspecified atom stereocenters. The van der Waals surface area contributed by atoms with Gasteiger partial charge in [-0.3, -0.25) is 9.48 Å². The van der Waals surface area contributed by atoms with Crippen LogP contribution in [0.5, 0.6) is 5.75 Å². The fraction of sp³-hybridized carbons (Fsp3) is 0.409. The van der Waals surface area contributed by atoms with Gasteiger partial charge in [0.2, 0.25) is 0 Å². The zero-order valence-corrected chi connectivity index (χ0v) is 16.9. The van der Waals surface area contributed by atoms with Crippen LogP contribution in [0.25, 0.3) is 11.0 Å². The van der Waals surface area contributed by atoms with E-state index in [1.165, 1.54) is 5.56 Å². The van der Waals surface area contributed by atoms with Gasteiger partial charge in [0.1, 0.15) is 11.9 Å². The van der Waals surface area contributed by atoms with Gasteiger partial charge in [-0.05, 0) is 44.5 Å². The van der Waals surface area contributed by atoms with E-state index in [-0.39, 0.29) is 12.0 Å². The van der Waals surface area contributed by atoms with Gasteiger partial charge in [-0.2, -0.15) is 5.10 Å². The van der Waals surface area contributed by atoms with Crippen molar-refractivity contribution in [3.63, 3.8) is 0 Å². The van der Waals surface area contributed by atoms with Gasteiger partial charge in [-0.15, -0.1) is 0 Å². The number of hydrogen-bond acceptors (Lipinski definition) is 4. The molecule has 3 aromatic rings. The van der Waals surface area contributed by atoms with Crippen LogP contribution in [0.4, 0.5) is 0 Å². The summed E-state index contributed by atoms with van der Waals surface area (Å²) in [6.07, 6.45) is 1.81. The Hall–Kier alpha value is -2.89. The summed E-state index contributed by atoms with van der Waals surface area (Å²) >= 11 is 0. The van der Waals surface area contributed by atoms with Gasteiger partial charge >= 0.3 is 0 Å². The highest BCUT2D eigenvalue weighted by molar-refractivity contribution is 6.06. The summed E-state index contributed by atoms with van der Waals surface area (Å²) in [4.78, 5) is 19.7. The number of pyridine rings is 1. The number of carbonyl (C=O) groups is 1. The number of hydrogen-bond donors (Lipinski definition) is 0. The molecule has 0 N–H and O–H groups in total. The third-order valence-corrected chi connectivity index (χ3v) is 5.35. The third kappa shape index (κ3) is 3.46. The van der Waals surface area contributed by atoms with Crippen LogP contribution in [0.1, 0.15) is 40.2 Å². The Balaban J connectivity index is 1.49. The summed E-state index contributed by atoms with van der Waals surface area (Å²) in [5.41, 5.74) is 4.32. The Morgan fingerprint density at radius 3 is 2.61 bits per heavy atom. The second-order valence-electron chi connectivity index (χ2n) is 7.64. The molecular formula is C22H26N4O2. The van der Waals surface area contributed by atoms with Crippen molar-refractivity contribution in [1.29, 1.82) is 0 Å². The normalized spacial score (nSPS) is 15.2. The number of amides is 1. The van der Waals surface area contributed by atoms with Crippen LogP contribution >= 0.6 is 0 Å². The maximum Gasteiger partial charge on any atom is 0.254 e. The molecule has 1 amide bonds. The van der Waals surface area contributed by atoms with E-state index in [0.717, 1.165) is 41.0 Å². The molecule has 1 aromatic carbocycles. The zero-order valence-electron chi connectivity index (χ0n) is 16.9. The predicted molar refractivity (Wildman–Crippen MR) is 109 cm³/mol. The molecular weight excluding hydrogens is 352 g/mol. The van der Waals surface area contributed by atoms with Crippen molar-refractivity contribution in [2.45, 2.75) is 39.7 Å². The molecule has 0 atom stereocenters. The van der Waals surface area contributed by atoms with E-state index in [2.05, 4.69) is 29.1 Å². The van der Waals surface area contributed by atoms with E-state index >= 15 is 0 Å². The van der Waals surface area contributed by atoms with Crippen LogP contribution in [0, 0.1) is 20.8 Å². The van der Waals surface area contributed by atoms with E-state index in [1.54, 1.807) is 4.68 Å². The second-order valence-corrected chi connectivity index (χ2v) is 7.64. The second kappa shape index (κ2) is 7.26. The van der Waals surface area contributed by atoms with Crippen molar-refractivity contribution in [3.8, 4) is 5.75 Å². The van der Waals surface area contributed by atoms with Crippen molar-refractivity contribution < 1.29 is 9.53 Å². The Labute approximate surface area is 165 Å². The summed E-state index contributed by atoms with van der Waals surface area (Å²) < 4.78 is 7.87. The molecule has 146 valence electrons. The fourth-order valence-corrected chi connectivity index (χ4v) is 3.97. The van der Waals surface area contributed by atoms with Crippen LogP contribution in [-0.4, -0.2) is 44.8 Å². The molecule has 1 aliphatic rings. The SMILES string of the molecule is Cc1cccc(OC2CCN(C(=O)c3cc(C)nc4c3c(C)nn4C)CC2)c1. The molecule has 0 aliphatic carbocycles. The summed E-state index contributed by atoms with van der Waals surface area (Å²) in [5, 5.41) is 5.31. The molecule has 2 aromatic heterocycles. The highest BCUT2D eigenvalue weighted by Gasteiger charge is 2.27. The smallest absolute Gasteiger partial charge is 0.254 e. The van der Waals surface area contributed by atoms with E-state index in [0.29, 0.717) is 18.7 Å². The lowest BCUT2D eigenvalue weighted by Gasteiger charge is -2.32. The molecule has 6 nitrogen and oxygen atoms in total. The Morgan fingerprint density at radius 1 is 1.14 bits per heavy atom. The Morgan fingerprint density at radius 2 is 1.89 bits per heavy atom. The lowest BCUT2D eigenvalue weighted by Crippen LogP contribution is -2.41. The molecule has 0 saturated carbocycles. The highest BCUT2D eigenvalue weighted by Crippen LogP contribution is 2.25. The van der Waals surface area contributed by atoms with Crippen molar-refractivity contribution >= 4 is 16.9 Å². The lowest BCUT2D eigenvalue weighted by molar-refractivity contribution is 0.0597. The van der Waals surface area contributed by atoms with Gasteiger partial charge in [-0.1, -0.05) is 12.1 Å². The number of likely N-dealkylation sites (tertiary alicyclic amines) is 1. The molecule has 28 heavy (non-hydrogen) atoms. The molecule has 0 radical (unpaired) electrons. The van der Waals surface area contributed by atoms with E-state index in [4.69, 9.17) is 4.74 Å². The molecule has 1 aliphatic heterocycles. The van der Waals surface area contributed by atoms with Crippen LogP contribution < -0.4 is 4.74 Å². The van der Waals surface area contributed by atoms with Gasteiger partial charge in [0.05, 0.1) is 16.6 Å². The quantitative estimate of drug-likeness (QED) is 0.699. The molecule has 0 bridgehead atoms. The lowest BCUT2D eigenvalue weighted by atomic mass is 10.0. The minimum atomic E-state index is 0.0561. The fourth-order valence-electron chi connectivity index (χ4n) is 3.97. The summed E-state index contributed by atoms with van der Waals surface area (Å²) in [6, 6.07) is 10.0. The van der Waals surface area contributed by atoms with Crippen LogP contribution in [0.2, 0.25) is 0 Å². The van der Waals surface area contributed by atoms with Crippen LogP contribution in [-0.2, 0) is 7.05 Å². The van der Waals surface area contributed by atoms with E-state index in [9.17, 15) is 4.79 Å². The highest BCUT2D eigenvalue weighted by atomic mass is 16.5. The number of nitrogens with zero attached hydrogens (tertiary/aromatic N) is 4. The maximum atomic E-state index is 13.3. The van der Waals surface area contributed by atoms with Crippen LogP contribution in [0.15, 0.2) is 30.3 Å². The first-order chi connectivity index (χ1) is 13.4. The minimum absolute atomic E-state index is 0.0561. The van der Waals surface area contributed by atoms with Gasteiger partial charge in [0.25, 0.3) is 5.91 Å². The van der Waals surface area contributed by atoms with Gasteiger partial charge in [-0.25, -0.2) is 4.98 Å². The van der Waals surface area contributed by atoms with Crippen molar-refractivity contribution in [3.05, 3.63) is 52.8 Å². The molecule has 1 saturated heterocycles. The summed E-state index contributed by atoms with van der Waals surface area (Å²) in [7, 11) is 1.87. The number of rotatable bonds is 3. The predicted octanol–water partition coefficient (Wildman–Crippen LogP) is 3.58. The van der Waals surface area contributed by atoms with Crippen molar-refractivity contribution in [2.75, 3.05) is 13.1 Å². The number of piperidine rings is 1. The maximum absolute atomic E-state index is 13.3. The number of fused-ring (bicyclic) bond motifs is 1. The van der Waals surface area contributed by atoms with Gasteiger partial charge < -0.3 is 9.64 Å². The monoisotopic (exact) mass is 378 g/mol. The number of aryl methyl sites for hydroxylation is 4. The average molecular weight is 378 g/mol. The molecule has 1 fully saturated rings. The van der Waals surface area contributed by atoms with Crippen LogP contribution in [0.3, 0.4) is 0 Å². The average Bonchev–Trinajstić information content (AvgIpc) is 2.95. The first-order valence-corrected chi connectivity index (χ1v) is 9.76. The molecule has 3 heterocycles. The summed E-state index contributed by atoms with van der Waals surface area (Å²) in [6.45, 7) is 7.29. The number of benzene rings is 1. The Bertz CT molecular complexity index is 1030.